The van der Waals surface area contributed by atoms with Crippen molar-refractivity contribution in [1.29, 1.82) is 5.26 Å². The number of fused-ring (bicyclic) bond motifs is 1. The average Bonchev–Trinajstić information content (AvgIpc) is 3.54. The number of hydrogen-bond acceptors (Lipinski definition) is 9. The standard InChI is InChI=1S/C20H19FN8O.C7H13NO2/c1-20(2,30)19(21)11-28-10-17(26-27-28)14-9-24-16(6-15(14)23)18-4-3-13-5-12(7-22)8-25-29(13)18;1-10-7(9)8-5-6-3-2-4-6/h3-6,8-10,19,30H,11H2,1-2H3,(H2,23,24);6H,2-5H2,1H3,(H,8,9)/t19-;/m1./s1. The maximum Gasteiger partial charge on any atom is 0.406 e. The summed E-state index contributed by atoms with van der Waals surface area (Å²) in [5, 5.41) is 33.7. The number of amides is 1. The van der Waals surface area contributed by atoms with Crippen molar-refractivity contribution in [3.63, 3.8) is 0 Å². The van der Waals surface area contributed by atoms with Crippen molar-refractivity contribution in [3.8, 4) is 28.7 Å². The van der Waals surface area contributed by atoms with Gasteiger partial charge in [0, 0.05) is 24.0 Å². The molecule has 1 saturated carbocycles. The van der Waals surface area contributed by atoms with Crippen LogP contribution in [0.1, 0.15) is 38.7 Å². The van der Waals surface area contributed by atoms with E-state index in [0.717, 1.165) is 17.8 Å². The lowest BCUT2D eigenvalue weighted by molar-refractivity contribution is -0.0120. The minimum Gasteiger partial charge on any atom is -0.453 e. The van der Waals surface area contributed by atoms with E-state index in [2.05, 4.69) is 36.5 Å². The molecular formula is C27H32FN9O3. The molecule has 4 aromatic rings. The van der Waals surface area contributed by atoms with Crippen LogP contribution in [0.25, 0.3) is 28.2 Å². The zero-order chi connectivity index (χ0) is 28.9. The van der Waals surface area contributed by atoms with Crippen molar-refractivity contribution in [3.05, 3.63) is 48.4 Å². The SMILES string of the molecule is CC(C)(O)[C@H](F)Cn1cc(-c2cnc(-c3ccc4cc(C#N)cnn34)cc2N)nn1.COC(=O)NCC1CCC1. The van der Waals surface area contributed by atoms with Crippen LogP contribution in [0, 0.1) is 17.2 Å². The van der Waals surface area contributed by atoms with Gasteiger partial charge in [-0.05, 0) is 56.9 Å². The number of anilines is 1. The lowest BCUT2D eigenvalue weighted by atomic mass is 9.85. The highest BCUT2D eigenvalue weighted by atomic mass is 19.1. The smallest absolute Gasteiger partial charge is 0.406 e. The molecule has 4 N–H and O–H groups in total. The molecule has 12 nitrogen and oxygen atoms in total. The fraction of sp³-hybridized carbons (Fsp3) is 0.407. The molecule has 1 fully saturated rings. The van der Waals surface area contributed by atoms with Gasteiger partial charge in [-0.2, -0.15) is 10.4 Å². The Bertz CT molecular complexity index is 1520. The normalized spacial score (nSPS) is 14.0. The first kappa shape index (κ1) is 28.4. The number of hydrogen-bond donors (Lipinski definition) is 3. The summed E-state index contributed by atoms with van der Waals surface area (Å²) in [6, 6.07) is 9.19. The Morgan fingerprint density at radius 1 is 1.32 bits per heavy atom. The van der Waals surface area contributed by atoms with Gasteiger partial charge in [-0.15, -0.1) is 5.10 Å². The molecule has 210 valence electrons. The van der Waals surface area contributed by atoms with Crippen molar-refractivity contribution in [2.24, 2.45) is 5.92 Å². The molecule has 1 aliphatic rings. The minimum absolute atomic E-state index is 0.131. The summed E-state index contributed by atoms with van der Waals surface area (Å²) >= 11 is 0. The third-order valence-electron chi connectivity index (χ3n) is 6.70. The van der Waals surface area contributed by atoms with Gasteiger partial charge in [-0.25, -0.2) is 18.4 Å². The molecule has 5 rings (SSSR count). The first-order valence-electron chi connectivity index (χ1n) is 12.8. The molecule has 0 aromatic carbocycles. The van der Waals surface area contributed by atoms with E-state index in [-0.39, 0.29) is 12.6 Å². The molecule has 4 aromatic heterocycles. The van der Waals surface area contributed by atoms with Crippen LogP contribution in [-0.2, 0) is 11.3 Å². The lowest BCUT2D eigenvalue weighted by Crippen LogP contribution is -2.35. The van der Waals surface area contributed by atoms with Crippen LogP contribution in [0.4, 0.5) is 14.9 Å². The van der Waals surface area contributed by atoms with Crippen molar-refractivity contribution in [2.75, 3.05) is 19.4 Å². The van der Waals surface area contributed by atoms with E-state index < -0.39 is 11.8 Å². The van der Waals surface area contributed by atoms with Crippen molar-refractivity contribution in [1.82, 2.24) is 34.9 Å². The van der Waals surface area contributed by atoms with Gasteiger partial charge in [0.1, 0.15) is 17.9 Å². The van der Waals surface area contributed by atoms with E-state index in [9.17, 15) is 14.3 Å². The molecule has 13 heteroatoms. The quantitative estimate of drug-likeness (QED) is 0.313. The van der Waals surface area contributed by atoms with E-state index in [1.165, 1.54) is 51.1 Å². The largest absolute Gasteiger partial charge is 0.453 e. The van der Waals surface area contributed by atoms with E-state index >= 15 is 0 Å². The van der Waals surface area contributed by atoms with Crippen LogP contribution in [0.2, 0.25) is 0 Å². The van der Waals surface area contributed by atoms with Gasteiger partial charge in [0.25, 0.3) is 0 Å². The number of rotatable bonds is 7. The zero-order valence-corrected chi connectivity index (χ0v) is 22.6. The van der Waals surface area contributed by atoms with Crippen LogP contribution < -0.4 is 11.1 Å². The second-order valence-corrected chi connectivity index (χ2v) is 10.2. The number of nitrogens with two attached hydrogens (primary N) is 1. The summed E-state index contributed by atoms with van der Waals surface area (Å²) in [5.41, 5.74) is 8.75. The van der Waals surface area contributed by atoms with Crippen LogP contribution in [0.5, 0.6) is 0 Å². The summed E-state index contributed by atoms with van der Waals surface area (Å²) in [5.74, 6) is 0.707. The number of carbonyl (C=O) groups excluding carboxylic acids is 1. The van der Waals surface area contributed by atoms with Crippen LogP contribution >= 0.6 is 0 Å². The highest BCUT2D eigenvalue weighted by Gasteiger charge is 2.27. The monoisotopic (exact) mass is 549 g/mol. The molecule has 1 amide bonds. The van der Waals surface area contributed by atoms with Crippen LogP contribution in [-0.4, -0.2) is 66.2 Å². The number of nitrogens with one attached hydrogen (secondary N) is 1. The molecule has 0 saturated heterocycles. The number of halogens is 1. The van der Waals surface area contributed by atoms with Gasteiger partial charge < -0.3 is 20.9 Å². The zero-order valence-electron chi connectivity index (χ0n) is 22.6. The first-order chi connectivity index (χ1) is 19.1. The maximum absolute atomic E-state index is 14.1. The second-order valence-electron chi connectivity index (χ2n) is 10.2. The summed E-state index contributed by atoms with van der Waals surface area (Å²) in [7, 11) is 1.39. The summed E-state index contributed by atoms with van der Waals surface area (Å²) in [6.07, 6.45) is 6.63. The lowest BCUT2D eigenvalue weighted by Gasteiger charge is -2.24. The Morgan fingerprint density at radius 3 is 2.73 bits per heavy atom. The number of carbonyl (C=O) groups is 1. The molecular weight excluding hydrogens is 517 g/mol. The Hall–Kier alpha value is -4.57. The number of nitrogen functional groups attached to an aromatic ring is 1. The number of nitrogens with zero attached hydrogens (tertiary/aromatic N) is 7. The average molecular weight is 550 g/mol. The van der Waals surface area contributed by atoms with E-state index in [0.29, 0.717) is 34.1 Å². The third-order valence-corrected chi connectivity index (χ3v) is 6.70. The van der Waals surface area contributed by atoms with Gasteiger partial charge in [0.2, 0.25) is 0 Å². The van der Waals surface area contributed by atoms with E-state index in [1.54, 1.807) is 29.0 Å². The molecule has 1 aliphatic carbocycles. The molecule has 40 heavy (non-hydrogen) atoms. The highest BCUT2D eigenvalue weighted by Crippen LogP contribution is 2.29. The van der Waals surface area contributed by atoms with Gasteiger partial charge in [0.05, 0.1) is 54.1 Å². The number of ether oxygens (including phenoxy) is 1. The predicted molar refractivity (Wildman–Crippen MR) is 146 cm³/mol. The Labute approximate surface area is 230 Å². The predicted octanol–water partition coefficient (Wildman–Crippen LogP) is 3.36. The van der Waals surface area contributed by atoms with Crippen molar-refractivity contribution in [2.45, 2.75) is 51.4 Å². The van der Waals surface area contributed by atoms with Crippen LogP contribution in [0.3, 0.4) is 0 Å². The Balaban J connectivity index is 0.000000312. The van der Waals surface area contributed by atoms with Gasteiger partial charge in [0.15, 0.2) is 0 Å². The minimum atomic E-state index is -1.50. The molecule has 1 atom stereocenters. The topological polar surface area (TPSA) is 169 Å². The van der Waals surface area contributed by atoms with Gasteiger partial charge in [-0.3, -0.25) is 4.98 Å². The van der Waals surface area contributed by atoms with Gasteiger partial charge >= 0.3 is 6.09 Å². The maximum atomic E-state index is 14.1. The number of alkyl halides is 1. The number of methoxy groups -OCH3 is 1. The summed E-state index contributed by atoms with van der Waals surface area (Å²) in [6.45, 7) is 3.45. The Kier molecular flexibility index (Phi) is 8.59. The number of pyridine rings is 1. The number of aliphatic hydroxyl groups is 1. The fourth-order valence-corrected chi connectivity index (χ4v) is 3.97. The molecule has 4 heterocycles. The summed E-state index contributed by atoms with van der Waals surface area (Å²) in [4.78, 5) is 15.0. The Morgan fingerprint density at radius 2 is 2.10 bits per heavy atom. The first-order valence-corrected chi connectivity index (χ1v) is 12.8. The van der Waals surface area contributed by atoms with E-state index in [4.69, 9.17) is 11.0 Å². The number of aromatic nitrogens is 6. The van der Waals surface area contributed by atoms with Gasteiger partial charge in [-0.1, -0.05) is 11.6 Å². The molecule has 0 spiro atoms. The van der Waals surface area contributed by atoms with Crippen LogP contribution in [0.15, 0.2) is 42.9 Å². The highest BCUT2D eigenvalue weighted by molar-refractivity contribution is 5.77. The van der Waals surface area contributed by atoms with Crippen molar-refractivity contribution >= 4 is 17.3 Å². The summed E-state index contributed by atoms with van der Waals surface area (Å²) < 4.78 is 21.5. The van der Waals surface area contributed by atoms with Crippen molar-refractivity contribution < 1.29 is 19.0 Å². The third kappa shape index (κ3) is 6.70. The fourth-order valence-electron chi connectivity index (χ4n) is 3.97. The second kappa shape index (κ2) is 12.1. The molecule has 0 bridgehead atoms. The molecule has 0 unspecified atom stereocenters. The number of nitriles is 1. The molecule has 0 radical (unpaired) electrons. The van der Waals surface area contributed by atoms with E-state index in [1.807, 2.05) is 12.1 Å². The molecule has 0 aliphatic heterocycles. The number of alkyl carbamates (subject to hydrolysis) is 1.